The molecule has 18 heavy (non-hydrogen) atoms. The van der Waals surface area contributed by atoms with Crippen LogP contribution in [-0.4, -0.2) is 22.9 Å². The molecule has 0 aliphatic carbocycles. The summed E-state index contributed by atoms with van der Waals surface area (Å²) in [6.07, 6.45) is 10.7. The van der Waals surface area contributed by atoms with Gasteiger partial charge in [-0.2, -0.15) is 0 Å². The van der Waals surface area contributed by atoms with Gasteiger partial charge in [-0.05, 0) is 32.1 Å². The van der Waals surface area contributed by atoms with E-state index in [1.807, 2.05) is 6.92 Å². The smallest absolute Gasteiger partial charge is 0.0512 e. The minimum absolute atomic E-state index is 0.0955. The summed E-state index contributed by atoms with van der Waals surface area (Å²) in [7, 11) is 0. The second-order valence-electron chi connectivity index (χ2n) is 5.46. The van der Waals surface area contributed by atoms with Gasteiger partial charge in [0, 0.05) is 6.61 Å². The Balaban J connectivity index is 0. The Kier molecular flexibility index (Phi) is 19.0. The monoisotopic (exact) mass is 260 g/mol. The fourth-order valence-electron chi connectivity index (χ4n) is 1.94. The number of aliphatic hydroxyl groups is 2. The van der Waals surface area contributed by atoms with E-state index in [0.29, 0.717) is 6.61 Å². The summed E-state index contributed by atoms with van der Waals surface area (Å²) >= 11 is 0. The van der Waals surface area contributed by atoms with Gasteiger partial charge >= 0.3 is 0 Å². The minimum atomic E-state index is -0.0955. The Morgan fingerprint density at radius 3 is 1.89 bits per heavy atom. The SMILES string of the molecule is CCCC(C)CCCO.CCCCCCC(C)O. The standard InChI is InChI=1S/2C8H18O/c1-3-5-8(2)6-4-7-9;1-3-4-5-6-7-8(2)9/h2*8-9H,3-7H2,1-2H3. The number of unbranched alkanes of at least 4 members (excludes halogenated alkanes) is 3. The molecule has 2 heteroatoms. The van der Waals surface area contributed by atoms with Crippen molar-refractivity contribution in [3.05, 3.63) is 0 Å². The Morgan fingerprint density at radius 1 is 0.778 bits per heavy atom. The van der Waals surface area contributed by atoms with Crippen molar-refractivity contribution < 1.29 is 10.2 Å². The van der Waals surface area contributed by atoms with Crippen molar-refractivity contribution in [2.45, 2.75) is 91.6 Å². The maximum atomic E-state index is 8.85. The van der Waals surface area contributed by atoms with Crippen molar-refractivity contribution in [1.82, 2.24) is 0 Å². The molecule has 2 nitrogen and oxygen atoms in total. The normalized spacial score (nSPS) is 13.7. The van der Waals surface area contributed by atoms with Crippen LogP contribution in [0.1, 0.15) is 85.5 Å². The van der Waals surface area contributed by atoms with Gasteiger partial charge in [0.05, 0.1) is 6.10 Å². The Labute approximate surface area is 115 Å². The van der Waals surface area contributed by atoms with Crippen molar-refractivity contribution in [3.63, 3.8) is 0 Å². The molecule has 0 aliphatic rings. The van der Waals surface area contributed by atoms with E-state index < -0.39 is 0 Å². The third-order valence-electron chi connectivity index (χ3n) is 3.11. The summed E-state index contributed by atoms with van der Waals surface area (Å²) in [4.78, 5) is 0. The topological polar surface area (TPSA) is 40.5 Å². The predicted octanol–water partition coefficient (Wildman–Crippen LogP) is 4.53. The van der Waals surface area contributed by atoms with E-state index in [0.717, 1.165) is 18.8 Å². The summed E-state index contributed by atoms with van der Waals surface area (Å²) in [5, 5.41) is 17.3. The van der Waals surface area contributed by atoms with Gasteiger partial charge < -0.3 is 10.2 Å². The van der Waals surface area contributed by atoms with Crippen LogP contribution < -0.4 is 0 Å². The average Bonchev–Trinajstić information content (AvgIpc) is 2.33. The zero-order chi connectivity index (χ0) is 14.2. The molecule has 0 fully saturated rings. The molecule has 0 radical (unpaired) electrons. The Morgan fingerprint density at radius 2 is 1.44 bits per heavy atom. The summed E-state index contributed by atoms with van der Waals surface area (Å²) in [6, 6.07) is 0. The highest BCUT2D eigenvalue weighted by atomic mass is 16.3. The van der Waals surface area contributed by atoms with Crippen LogP contribution in [0.15, 0.2) is 0 Å². The van der Waals surface area contributed by atoms with Gasteiger partial charge in [0.15, 0.2) is 0 Å². The molecule has 2 unspecified atom stereocenters. The number of rotatable bonds is 10. The summed E-state index contributed by atoms with van der Waals surface area (Å²) in [5.74, 6) is 0.808. The van der Waals surface area contributed by atoms with E-state index in [1.165, 1.54) is 44.9 Å². The molecule has 112 valence electrons. The van der Waals surface area contributed by atoms with Crippen molar-refractivity contribution >= 4 is 0 Å². The van der Waals surface area contributed by atoms with E-state index >= 15 is 0 Å². The van der Waals surface area contributed by atoms with Crippen LogP contribution in [-0.2, 0) is 0 Å². The van der Waals surface area contributed by atoms with Crippen molar-refractivity contribution in [3.8, 4) is 0 Å². The number of hydrogen-bond donors (Lipinski definition) is 2. The first-order valence-corrected chi connectivity index (χ1v) is 7.87. The molecule has 0 aromatic carbocycles. The molecule has 2 N–H and O–H groups in total. The Hall–Kier alpha value is -0.0800. The van der Waals surface area contributed by atoms with Crippen molar-refractivity contribution in [1.29, 1.82) is 0 Å². The summed E-state index contributed by atoms with van der Waals surface area (Å²) < 4.78 is 0. The highest BCUT2D eigenvalue weighted by molar-refractivity contribution is 4.50. The molecule has 0 amide bonds. The van der Waals surface area contributed by atoms with E-state index in [9.17, 15) is 0 Å². The molecular formula is C16H36O2. The lowest BCUT2D eigenvalue weighted by Crippen LogP contribution is -1.97. The van der Waals surface area contributed by atoms with Gasteiger partial charge in [-0.1, -0.05) is 59.3 Å². The van der Waals surface area contributed by atoms with Crippen molar-refractivity contribution in [2.75, 3.05) is 6.61 Å². The third-order valence-corrected chi connectivity index (χ3v) is 3.11. The molecule has 0 aromatic heterocycles. The van der Waals surface area contributed by atoms with Gasteiger partial charge in [-0.25, -0.2) is 0 Å². The van der Waals surface area contributed by atoms with E-state index in [-0.39, 0.29) is 6.10 Å². The van der Waals surface area contributed by atoms with Gasteiger partial charge in [-0.15, -0.1) is 0 Å². The molecule has 0 aromatic rings. The minimum Gasteiger partial charge on any atom is -0.396 e. The first-order chi connectivity index (χ1) is 8.58. The molecule has 0 heterocycles. The molecule has 0 aliphatic heterocycles. The van der Waals surface area contributed by atoms with Gasteiger partial charge in [0.2, 0.25) is 0 Å². The molecular weight excluding hydrogens is 224 g/mol. The second-order valence-corrected chi connectivity index (χ2v) is 5.46. The first-order valence-electron chi connectivity index (χ1n) is 7.87. The molecule has 0 rings (SSSR count). The van der Waals surface area contributed by atoms with Crippen LogP contribution in [0.2, 0.25) is 0 Å². The van der Waals surface area contributed by atoms with Crippen LogP contribution in [0.25, 0.3) is 0 Å². The summed E-state index contributed by atoms with van der Waals surface area (Å²) in [6.45, 7) is 8.86. The van der Waals surface area contributed by atoms with Gasteiger partial charge in [0.25, 0.3) is 0 Å². The average molecular weight is 260 g/mol. The molecule has 0 bridgehead atoms. The second kappa shape index (κ2) is 16.9. The van der Waals surface area contributed by atoms with Crippen LogP contribution in [0.3, 0.4) is 0 Å². The third kappa shape index (κ3) is 21.2. The number of aliphatic hydroxyl groups excluding tert-OH is 2. The fraction of sp³-hybridized carbons (Fsp3) is 1.00. The maximum absolute atomic E-state index is 8.85. The highest BCUT2D eigenvalue weighted by Crippen LogP contribution is 2.11. The van der Waals surface area contributed by atoms with Crippen LogP contribution in [0, 0.1) is 5.92 Å². The zero-order valence-corrected chi connectivity index (χ0v) is 13.1. The zero-order valence-electron chi connectivity index (χ0n) is 13.1. The van der Waals surface area contributed by atoms with Crippen molar-refractivity contribution in [2.24, 2.45) is 5.92 Å². The predicted molar refractivity (Wildman–Crippen MR) is 80.8 cm³/mol. The lowest BCUT2D eigenvalue weighted by molar-refractivity contribution is 0.180. The van der Waals surface area contributed by atoms with Crippen LogP contribution in [0.4, 0.5) is 0 Å². The van der Waals surface area contributed by atoms with E-state index in [2.05, 4.69) is 20.8 Å². The maximum Gasteiger partial charge on any atom is 0.0512 e. The first kappa shape index (κ1) is 20.2. The fourth-order valence-corrected chi connectivity index (χ4v) is 1.94. The Bertz CT molecular complexity index is 135. The number of hydrogen-bond acceptors (Lipinski definition) is 2. The molecule has 2 atom stereocenters. The van der Waals surface area contributed by atoms with Gasteiger partial charge in [-0.3, -0.25) is 0 Å². The quantitative estimate of drug-likeness (QED) is 0.566. The van der Waals surface area contributed by atoms with Crippen LogP contribution in [0.5, 0.6) is 0 Å². The lowest BCUT2D eigenvalue weighted by Gasteiger charge is -2.06. The highest BCUT2D eigenvalue weighted by Gasteiger charge is 1.97. The van der Waals surface area contributed by atoms with E-state index in [1.54, 1.807) is 0 Å². The largest absolute Gasteiger partial charge is 0.396 e. The molecule has 0 saturated carbocycles. The van der Waals surface area contributed by atoms with E-state index in [4.69, 9.17) is 10.2 Å². The van der Waals surface area contributed by atoms with Crippen LogP contribution >= 0.6 is 0 Å². The summed E-state index contributed by atoms with van der Waals surface area (Å²) in [5.41, 5.74) is 0. The molecule has 0 spiro atoms. The van der Waals surface area contributed by atoms with Gasteiger partial charge in [0.1, 0.15) is 0 Å². The lowest BCUT2D eigenvalue weighted by atomic mass is 10.0. The molecule has 0 saturated heterocycles.